The smallest absolute Gasteiger partial charge is 0.120 e. The van der Waals surface area contributed by atoms with Crippen molar-refractivity contribution in [1.82, 2.24) is 4.98 Å². The molecule has 0 spiro atoms. The molecule has 3 nitrogen and oxygen atoms in total. The summed E-state index contributed by atoms with van der Waals surface area (Å²) < 4.78 is 6.12. The van der Waals surface area contributed by atoms with E-state index in [9.17, 15) is 0 Å². The van der Waals surface area contributed by atoms with Crippen LogP contribution in [0, 0.1) is 0 Å². The van der Waals surface area contributed by atoms with Gasteiger partial charge in [-0.25, -0.2) is 4.98 Å². The molecule has 1 heterocycles. The molecule has 0 saturated heterocycles. The molecule has 1 N–H and O–H groups in total. The maximum atomic E-state index is 5.13. The van der Waals surface area contributed by atoms with Gasteiger partial charge in [0.05, 0.1) is 13.7 Å². The largest absolute Gasteiger partial charge is 0.497 e. The predicted molar refractivity (Wildman–Crippen MR) is 70.1 cm³/mol. The van der Waals surface area contributed by atoms with Gasteiger partial charge in [-0.1, -0.05) is 0 Å². The van der Waals surface area contributed by atoms with Gasteiger partial charge in [-0.15, -0.1) is 11.3 Å². The van der Waals surface area contributed by atoms with E-state index in [4.69, 9.17) is 4.74 Å². The minimum absolute atomic E-state index is 0.739. The van der Waals surface area contributed by atoms with Crippen LogP contribution in [0.5, 0.6) is 5.75 Å². The summed E-state index contributed by atoms with van der Waals surface area (Å²) in [5.74, 6) is 0.840. The van der Waals surface area contributed by atoms with Gasteiger partial charge in [0.25, 0.3) is 0 Å². The van der Waals surface area contributed by atoms with E-state index in [2.05, 4.69) is 26.2 Å². The number of anilines is 1. The van der Waals surface area contributed by atoms with Crippen LogP contribution in [0.1, 0.15) is 5.01 Å². The molecule has 0 bridgehead atoms. The summed E-state index contributed by atoms with van der Waals surface area (Å²) >= 11 is 5.13. The summed E-state index contributed by atoms with van der Waals surface area (Å²) in [5, 5.41) is 6.36. The van der Waals surface area contributed by atoms with Crippen LogP contribution in [0.25, 0.3) is 0 Å². The van der Waals surface area contributed by atoms with Crippen molar-refractivity contribution in [2.75, 3.05) is 12.4 Å². The van der Waals surface area contributed by atoms with Crippen molar-refractivity contribution < 1.29 is 4.74 Å². The maximum Gasteiger partial charge on any atom is 0.120 e. The number of aromatic nitrogens is 1. The van der Waals surface area contributed by atoms with Crippen molar-refractivity contribution in [3.8, 4) is 5.75 Å². The van der Waals surface area contributed by atoms with E-state index < -0.39 is 0 Å². The third-order valence-electron chi connectivity index (χ3n) is 2.09. The minimum atomic E-state index is 0.739. The van der Waals surface area contributed by atoms with Crippen LogP contribution in [0.3, 0.4) is 0 Å². The summed E-state index contributed by atoms with van der Waals surface area (Å²) in [6.07, 6.45) is 1.81. The average molecular weight is 299 g/mol. The number of nitrogens with one attached hydrogen (secondary N) is 1. The van der Waals surface area contributed by atoms with Gasteiger partial charge in [0.1, 0.15) is 10.8 Å². The maximum absolute atomic E-state index is 5.13. The van der Waals surface area contributed by atoms with E-state index in [-0.39, 0.29) is 0 Å². The minimum Gasteiger partial charge on any atom is -0.497 e. The number of hydrogen-bond acceptors (Lipinski definition) is 4. The van der Waals surface area contributed by atoms with Crippen LogP contribution in [0.4, 0.5) is 5.69 Å². The van der Waals surface area contributed by atoms with Gasteiger partial charge >= 0.3 is 0 Å². The second kappa shape index (κ2) is 5.32. The highest BCUT2D eigenvalue weighted by molar-refractivity contribution is 9.10. The molecule has 1 aromatic heterocycles. The van der Waals surface area contributed by atoms with Gasteiger partial charge in [0.15, 0.2) is 0 Å². The first-order chi connectivity index (χ1) is 7.79. The van der Waals surface area contributed by atoms with Crippen molar-refractivity contribution >= 4 is 33.0 Å². The second-order valence-corrected chi connectivity index (χ2v) is 4.96. The van der Waals surface area contributed by atoms with E-state index in [1.54, 1.807) is 18.4 Å². The molecule has 16 heavy (non-hydrogen) atoms. The molecule has 0 atom stereocenters. The standard InChI is InChI=1S/C11H11BrN2OS/c1-15-8-2-3-10(9(12)6-8)14-7-11-13-4-5-16-11/h2-6,14H,7H2,1H3. The molecule has 1 aromatic carbocycles. The molecule has 2 rings (SSSR count). The van der Waals surface area contributed by atoms with Crippen LogP contribution < -0.4 is 10.1 Å². The molecule has 0 fully saturated rings. The SMILES string of the molecule is COc1ccc(NCc2nccs2)c(Br)c1. The second-order valence-electron chi connectivity index (χ2n) is 3.13. The fourth-order valence-electron chi connectivity index (χ4n) is 1.28. The molecule has 0 aliphatic rings. The Bertz CT molecular complexity index is 459. The number of rotatable bonds is 4. The molecule has 5 heteroatoms. The highest BCUT2D eigenvalue weighted by atomic mass is 79.9. The molecule has 0 radical (unpaired) electrons. The van der Waals surface area contributed by atoms with Crippen molar-refractivity contribution in [3.63, 3.8) is 0 Å². The summed E-state index contributed by atoms with van der Waals surface area (Å²) in [7, 11) is 1.66. The van der Waals surface area contributed by atoms with Crippen LogP contribution in [0.15, 0.2) is 34.2 Å². The van der Waals surface area contributed by atoms with Crippen molar-refractivity contribution in [2.24, 2.45) is 0 Å². The Labute approximate surface area is 107 Å². The van der Waals surface area contributed by atoms with Gasteiger partial charge in [0, 0.05) is 21.7 Å². The monoisotopic (exact) mass is 298 g/mol. The van der Waals surface area contributed by atoms with Crippen LogP contribution in [-0.4, -0.2) is 12.1 Å². The number of halogens is 1. The number of methoxy groups -OCH3 is 1. The lowest BCUT2D eigenvalue weighted by Gasteiger charge is -2.08. The molecular formula is C11H11BrN2OS. The Kier molecular flexibility index (Phi) is 3.79. The zero-order valence-electron chi connectivity index (χ0n) is 8.74. The number of ether oxygens (including phenoxy) is 1. The van der Waals surface area contributed by atoms with Crippen LogP contribution in [0.2, 0.25) is 0 Å². The van der Waals surface area contributed by atoms with Crippen molar-refractivity contribution in [1.29, 1.82) is 0 Å². The molecule has 0 unspecified atom stereocenters. The molecular weight excluding hydrogens is 288 g/mol. The third kappa shape index (κ3) is 2.74. The Morgan fingerprint density at radius 3 is 3.00 bits per heavy atom. The normalized spacial score (nSPS) is 10.1. The average Bonchev–Trinajstić information content (AvgIpc) is 2.80. The first-order valence-electron chi connectivity index (χ1n) is 4.75. The summed E-state index contributed by atoms with van der Waals surface area (Å²) in [5.41, 5.74) is 1.04. The molecule has 0 aliphatic carbocycles. The number of thiazole rings is 1. The van der Waals surface area contributed by atoms with Crippen molar-refractivity contribution in [3.05, 3.63) is 39.3 Å². The molecule has 84 valence electrons. The van der Waals surface area contributed by atoms with Gasteiger partial charge < -0.3 is 10.1 Å². The summed E-state index contributed by atoms with van der Waals surface area (Å²) in [4.78, 5) is 4.21. The molecule has 0 saturated carbocycles. The van der Waals surface area contributed by atoms with Gasteiger partial charge in [-0.05, 0) is 34.1 Å². The summed E-state index contributed by atoms with van der Waals surface area (Å²) in [6.45, 7) is 0.739. The Morgan fingerprint density at radius 2 is 2.38 bits per heavy atom. The summed E-state index contributed by atoms with van der Waals surface area (Å²) in [6, 6.07) is 5.84. The Hall–Kier alpha value is -1.07. The number of nitrogens with zero attached hydrogens (tertiary/aromatic N) is 1. The number of hydrogen-bond donors (Lipinski definition) is 1. The lowest BCUT2D eigenvalue weighted by Crippen LogP contribution is -1.99. The lowest BCUT2D eigenvalue weighted by molar-refractivity contribution is 0.414. The quantitative estimate of drug-likeness (QED) is 0.938. The van der Waals surface area contributed by atoms with E-state index in [0.717, 1.165) is 27.5 Å². The highest BCUT2D eigenvalue weighted by Gasteiger charge is 2.02. The van der Waals surface area contributed by atoms with Gasteiger partial charge in [-0.3, -0.25) is 0 Å². The molecule has 2 aromatic rings. The molecule has 0 amide bonds. The van der Waals surface area contributed by atoms with E-state index in [0.29, 0.717) is 0 Å². The lowest BCUT2D eigenvalue weighted by atomic mass is 10.3. The van der Waals surface area contributed by atoms with E-state index in [1.165, 1.54) is 0 Å². The highest BCUT2D eigenvalue weighted by Crippen LogP contribution is 2.27. The Morgan fingerprint density at radius 1 is 1.50 bits per heavy atom. The van der Waals surface area contributed by atoms with Gasteiger partial charge in [-0.2, -0.15) is 0 Å². The predicted octanol–water partition coefficient (Wildman–Crippen LogP) is 3.53. The third-order valence-corrected chi connectivity index (χ3v) is 3.53. The fourth-order valence-corrected chi connectivity index (χ4v) is 2.33. The topological polar surface area (TPSA) is 34.1 Å². The molecule has 0 aliphatic heterocycles. The first-order valence-corrected chi connectivity index (χ1v) is 6.42. The zero-order chi connectivity index (χ0) is 11.4. The first kappa shape index (κ1) is 11.4. The van der Waals surface area contributed by atoms with E-state index in [1.807, 2.05) is 29.8 Å². The Balaban J connectivity index is 2.04. The zero-order valence-corrected chi connectivity index (χ0v) is 11.1. The van der Waals surface area contributed by atoms with Crippen LogP contribution >= 0.6 is 27.3 Å². The van der Waals surface area contributed by atoms with E-state index >= 15 is 0 Å². The fraction of sp³-hybridized carbons (Fsp3) is 0.182. The van der Waals surface area contributed by atoms with Gasteiger partial charge in [0.2, 0.25) is 0 Å². The van der Waals surface area contributed by atoms with Crippen molar-refractivity contribution in [2.45, 2.75) is 6.54 Å². The van der Waals surface area contributed by atoms with Crippen LogP contribution in [-0.2, 0) is 6.54 Å². The number of benzene rings is 1.